The zero-order valence-corrected chi connectivity index (χ0v) is 11.6. The standard InChI is InChI=1S/C17H14N2O2/c1-12-15(16(20)13-8-4-2-5-9-13)17(21)19(18-12)14-10-6-3-7-11-14/h2-11,15H,1H3/t15-/m1/s1. The lowest BCUT2D eigenvalue weighted by molar-refractivity contribution is -0.118. The number of carbonyl (C=O) groups is 2. The summed E-state index contributed by atoms with van der Waals surface area (Å²) in [6.45, 7) is 1.71. The Labute approximate surface area is 122 Å². The highest BCUT2D eigenvalue weighted by Crippen LogP contribution is 2.25. The number of carbonyl (C=O) groups excluding carboxylic acids is 2. The lowest BCUT2D eigenvalue weighted by atomic mass is 9.94. The molecule has 1 amide bonds. The molecular formula is C17H14N2O2. The van der Waals surface area contributed by atoms with Gasteiger partial charge in [0, 0.05) is 5.56 Å². The molecule has 1 aliphatic heterocycles. The minimum Gasteiger partial charge on any atom is -0.293 e. The summed E-state index contributed by atoms with van der Waals surface area (Å²) in [6, 6.07) is 18.0. The molecule has 0 radical (unpaired) electrons. The quantitative estimate of drug-likeness (QED) is 0.640. The van der Waals surface area contributed by atoms with E-state index in [0.717, 1.165) is 0 Å². The molecule has 0 saturated carbocycles. The summed E-state index contributed by atoms with van der Waals surface area (Å²) in [5.41, 5.74) is 1.73. The van der Waals surface area contributed by atoms with Crippen molar-refractivity contribution in [3.8, 4) is 0 Å². The van der Waals surface area contributed by atoms with Crippen molar-refractivity contribution >= 4 is 23.1 Å². The number of Topliss-reactive ketones (excluding diaryl/α,β-unsaturated/α-hetero) is 1. The molecule has 21 heavy (non-hydrogen) atoms. The molecule has 4 heteroatoms. The highest BCUT2D eigenvalue weighted by molar-refractivity contribution is 6.30. The highest BCUT2D eigenvalue weighted by Gasteiger charge is 2.39. The monoisotopic (exact) mass is 278 g/mol. The molecular weight excluding hydrogens is 264 g/mol. The Morgan fingerprint density at radius 2 is 1.57 bits per heavy atom. The maximum atomic E-state index is 12.5. The van der Waals surface area contributed by atoms with Crippen LogP contribution in [0.4, 0.5) is 5.69 Å². The first-order valence-electron chi connectivity index (χ1n) is 6.72. The third-order valence-corrected chi connectivity index (χ3v) is 3.45. The summed E-state index contributed by atoms with van der Waals surface area (Å²) in [7, 11) is 0. The highest BCUT2D eigenvalue weighted by atomic mass is 16.2. The SMILES string of the molecule is CC1=NN(c2ccccc2)C(=O)[C@H]1C(=O)c1ccccc1. The third kappa shape index (κ3) is 2.36. The first-order valence-corrected chi connectivity index (χ1v) is 6.72. The second-order valence-corrected chi connectivity index (χ2v) is 4.89. The van der Waals surface area contributed by atoms with Crippen molar-refractivity contribution in [1.82, 2.24) is 0 Å². The van der Waals surface area contributed by atoms with Gasteiger partial charge in [-0.25, -0.2) is 0 Å². The molecule has 104 valence electrons. The Morgan fingerprint density at radius 3 is 2.19 bits per heavy atom. The van der Waals surface area contributed by atoms with Crippen LogP contribution < -0.4 is 5.01 Å². The van der Waals surface area contributed by atoms with Gasteiger partial charge in [0.25, 0.3) is 5.91 Å². The molecule has 2 aromatic carbocycles. The van der Waals surface area contributed by atoms with E-state index in [1.807, 2.05) is 24.3 Å². The summed E-state index contributed by atoms with van der Waals surface area (Å²) < 4.78 is 0. The van der Waals surface area contributed by atoms with E-state index >= 15 is 0 Å². The van der Waals surface area contributed by atoms with E-state index in [9.17, 15) is 9.59 Å². The van der Waals surface area contributed by atoms with Crippen molar-refractivity contribution in [1.29, 1.82) is 0 Å². The summed E-state index contributed by atoms with van der Waals surface area (Å²) in [5, 5.41) is 5.55. The van der Waals surface area contributed by atoms with Gasteiger partial charge in [-0.3, -0.25) is 9.59 Å². The molecule has 0 unspecified atom stereocenters. The van der Waals surface area contributed by atoms with Crippen molar-refractivity contribution in [2.45, 2.75) is 6.92 Å². The van der Waals surface area contributed by atoms with Crippen LogP contribution in [0, 0.1) is 5.92 Å². The molecule has 0 spiro atoms. The van der Waals surface area contributed by atoms with Crippen molar-refractivity contribution < 1.29 is 9.59 Å². The average Bonchev–Trinajstić information content (AvgIpc) is 2.83. The number of amides is 1. The molecule has 2 aromatic rings. The van der Waals surface area contributed by atoms with E-state index in [0.29, 0.717) is 17.0 Å². The summed E-state index contributed by atoms with van der Waals surface area (Å²) >= 11 is 0. The van der Waals surface area contributed by atoms with Gasteiger partial charge in [0.05, 0.1) is 11.4 Å². The van der Waals surface area contributed by atoms with Gasteiger partial charge in [0.1, 0.15) is 5.92 Å². The van der Waals surface area contributed by atoms with Gasteiger partial charge in [-0.05, 0) is 19.1 Å². The topological polar surface area (TPSA) is 49.7 Å². The zero-order valence-electron chi connectivity index (χ0n) is 11.6. The first-order chi connectivity index (χ1) is 10.2. The normalized spacial score (nSPS) is 17.8. The van der Waals surface area contributed by atoms with Crippen LogP contribution >= 0.6 is 0 Å². The van der Waals surface area contributed by atoms with Crippen molar-refractivity contribution in [3.63, 3.8) is 0 Å². The van der Waals surface area contributed by atoms with Gasteiger partial charge >= 0.3 is 0 Å². The predicted octanol–water partition coefficient (Wildman–Crippen LogP) is 2.91. The molecule has 1 atom stereocenters. The fourth-order valence-corrected chi connectivity index (χ4v) is 2.39. The van der Waals surface area contributed by atoms with Gasteiger partial charge in [0.2, 0.25) is 0 Å². The van der Waals surface area contributed by atoms with E-state index in [4.69, 9.17) is 0 Å². The van der Waals surface area contributed by atoms with Crippen molar-refractivity contribution in [3.05, 3.63) is 66.2 Å². The van der Waals surface area contributed by atoms with Crippen LogP contribution in [0.5, 0.6) is 0 Å². The zero-order chi connectivity index (χ0) is 14.8. The lowest BCUT2D eigenvalue weighted by Crippen LogP contribution is -2.32. The van der Waals surface area contributed by atoms with Gasteiger partial charge in [-0.15, -0.1) is 0 Å². The number of hydrazone groups is 1. The minimum atomic E-state index is -0.826. The molecule has 0 saturated heterocycles. The first kappa shape index (κ1) is 13.2. The Bertz CT molecular complexity index is 708. The van der Waals surface area contributed by atoms with Crippen LogP contribution in [0.25, 0.3) is 0 Å². The van der Waals surface area contributed by atoms with Gasteiger partial charge in [0.15, 0.2) is 5.78 Å². The minimum absolute atomic E-state index is 0.208. The maximum Gasteiger partial charge on any atom is 0.264 e. The van der Waals surface area contributed by atoms with Crippen LogP contribution in [-0.4, -0.2) is 17.4 Å². The second-order valence-electron chi connectivity index (χ2n) is 4.89. The number of anilines is 1. The second kappa shape index (κ2) is 5.32. The van der Waals surface area contributed by atoms with Crippen molar-refractivity contribution in [2.75, 3.05) is 5.01 Å². The largest absolute Gasteiger partial charge is 0.293 e. The fourth-order valence-electron chi connectivity index (χ4n) is 2.39. The number of hydrogen-bond acceptors (Lipinski definition) is 3. The predicted molar refractivity (Wildman–Crippen MR) is 81.3 cm³/mol. The Morgan fingerprint density at radius 1 is 1.00 bits per heavy atom. The number of nitrogens with zero attached hydrogens (tertiary/aromatic N) is 2. The molecule has 0 bridgehead atoms. The maximum absolute atomic E-state index is 12.5. The molecule has 0 N–H and O–H groups in total. The lowest BCUT2D eigenvalue weighted by Gasteiger charge is -2.13. The van der Waals surface area contributed by atoms with Gasteiger partial charge in [-0.1, -0.05) is 48.5 Å². The van der Waals surface area contributed by atoms with Crippen LogP contribution in [0.2, 0.25) is 0 Å². The van der Waals surface area contributed by atoms with E-state index in [1.165, 1.54) is 5.01 Å². The Balaban J connectivity index is 1.91. The molecule has 3 rings (SSSR count). The third-order valence-electron chi connectivity index (χ3n) is 3.45. The van der Waals surface area contributed by atoms with Crippen molar-refractivity contribution in [2.24, 2.45) is 11.0 Å². The molecule has 1 heterocycles. The number of benzene rings is 2. The fraction of sp³-hybridized carbons (Fsp3) is 0.118. The van der Waals surface area contributed by atoms with E-state index in [2.05, 4.69) is 5.10 Å². The summed E-state index contributed by atoms with van der Waals surface area (Å²) in [6.07, 6.45) is 0. The van der Waals surface area contributed by atoms with Crippen LogP contribution in [0.3, 0.4) is 0 Å². The van der Waals surface area contributed by atoms with E-state index in [-0.39, 0.29) is 11.7 Å². The van der Waals surface area contributed by atoms with Crippen LogP contribution in [-0.2, 0) is 4.79 Å². The van der Waals surface area contributed by atoms with Crippen LogP contribution in [0.15, 0.2) is 65.8 Å². The summed E-state index contributed by atoms with van der Waals surface area (Å²) in [4.78, 5) is 25.0. The molecule has 0 aromatic heterocycles. The van der Waals surface area contributed by atoms with Gasteiger partial charge in [-0.2, -0.15) is 10.1 Å². The van der Waals surface area contributed by atoms with Gasteiger partial charge < -0.3 is 0 Å². The molecule has 0 fully saturated rings. The van der Waals surface area contributed by atoms with Crippen LogP contribution in [0.1, 0.15) is 17.3 Å². The van der Waals surface area contributed by atoms with E-state index in [1.54, 1.807) is 43.3 Å². The number of hydrogen-bond donors (Lipinski definition) is 0. The average molecular weight is 278 g/mol. The Hall–Kier alpha value is -2.75. The molecule has 4 nitrogen and oxygen atoms in total. The van der Waals surface area contributed by atoms with E-state index < -0.39 is 5.92 Å². The smallest absolute Gasteiger partial charge is 0.264 e. The number of para-hydroxylation sites is 1. The molecule has 0 aliphatic carbocycles. The number of rotatable bonds is 3. The number of ketones is 1. The molecule has 1 aliphatic rings. The Kier molecular flexibility index (Phi) is 3.36. The summed E-state index contributed by atoms with van der Waals surface area (Å²) in [5.74, 6) is -1.33.